The molecule has 4 aromatic carbocycles. The van der Waals surface area contributed by atoms with E-state index in [0.717, 1.165) is 16.7 Å². The van der Waals surface area contributed by atoms with E-state index >= 15 is 0 Å². The normalized spacial score (nSPS) is 12.2. The van der Waals surface area contributed by atoms with Crippen LogP contribution in [0.2, 0.25) is 0 Å². The van der Waals surface area contributed by atoms with Crippen LogP contribution >= 0.6 is 0 Å². The molecule has 4 aromatic rings. The third kappa shape index (κ3) is 7.93. The molecule has 4 rings (SSSR count). The van der Waals surface area contributed by atoms with Crippen molar-refractivity contribution in [3.8, 4) is 11.5 Å². The summed E-state index contributed by atoms with van der Waals surface area (Å²) in [5, 5.41) is 12.9. The quantitative estimate of drug-likeness (QED) is 0.251. The van der Waals surface area contributed by atoms with Gasteiger partial charge in [0.1, 0.15) is 19.8 Å². The molecule has 0 unspecified atom stereocenters. The second kappa shape index (κ2) is 13.8. The summed E-state index contributed by atoms with van der Waals surface area (Å²) in [5.74, 6) is -0.740. The summed E-state index contributed by atoms with van der Waals surface area (Å²) < 4.78 is 17.5. The Labute approximate surface area is 228 Å². The summed E-state index contributed by atoms with van der Waals surface area (Å²) in [6, 6.07) is 32.1. The minimum absolute atomic E-state index is 0.0208. The van der Waals surface area contributed by atoms with Gasteiger partial charge in [-0.1, -0.05) is 97.1 Å². The van der Waals surface area contributed by atoms with Crippen LogP contribution in [0.25, 0.3) is 0 Å². The van der Waals surface area contributed by atoms with Crippen molar-refractivity contribution in [1.29, 1.82) is 0 Å². The van der Waals surface area contributed by atoms with Crippen molar-refractivity contribution in [2.75, 3.05) is 0 Å². The largest absolute Gasteiger partial charge is 0.485 e. The molecule has 1 amide bonds. The number of hydrogen-bond donors (Lipinski definition) is 2. The van der Waals surface area contributed by atoms with Crippen LogP contribution in [-0.4, -0.2) is 29.1 Å². The Morgan fingerprint density at radius 3 is 1.74 bits per heavy atom. The van der Waals surface area contributed by atoms with E-state index in [0.29, 0.717) is 5.75 Å². The van der Waals surface area contributed by atoms with Crippen LogP contribution in [0.1, 0.15) is 34.0 Å². The van der Waals surface area contributed by atoms with Crippen LogP contribution in [0, 0.1) is 0 Å². The highest BCUT2D eigenvalue weighted by Crippen LogP contribution is 2.33. The molecular weight excluding hydrogens is 494 g/mol. The van der Waals surface area contributed by atoms with Crippen LogP contribution in [-0.2, 0) is 29.4 Å². The predicted molar refractivity (Wildman–Crippen MR) is 147 cm³/mol. The molecule has 0 saturated carbocycles. The molecule has 0 fully saturated rings. The van der Waals surface area contributed by atoms with Crippen LogP contribution in [0.3, 0.4) is 0 Å². The number of esters is 1. The fourth-order valence-electron chi connectivity index (χ4n) is 3.84. The lowest BCUT2D eigenvalue weighted by molar-refractivity contribution is -0.150. The highest BCUT2D eigenvalue weighted by atomic mass is 16.5. The average Bonchev–Trinajstić information content (AvgIpc) is 2.98. The van der Waals surface area contributed by atoms with Gasteiger partial charge in [0.2, 0.25) is 0 Å². The van der Waals surface area contributed by atoms with Crippen molar-refractivity contribution in [3.63, 3.8) is 0 Å². The number of carbonyl (C=O) groups excluding carboxylic acids is 2. The van der Waals surface area contributed by atoms with E-state index in [2.05, 4.69) is 5.32 Å². The standard InChI is InChI=1S/C32H31NO6/c1-23(34)29(32(36)39-22-26-16-9-4-10-17-26)33-31(35)27-18-11-19-28(37-20-24-12-5-2-6-13-24)30(27)38-21-25-14-7-3-8-15-25/h2-19,23,29,34H,20-22H2,1H3,(H,33,35)/t23-,29+/m1/s1. The highest BCUT2D eigenvalue weighted by Gasteiger charge is 2.29. The number of benzene rings is 4. The summed E-state index contributed by atoms with van der Waals surface area (Å²) in [6.07, 6.45) is -1.19. The van der Waals surface area contributed by atoms with Crippen molar-refractivity contribution in [3.05, 3.63) is 131 Å². The molecule has 2 N–H and O–H groups in total. The monoisotopic (exact) mass is 525 g/mol. The molecule has 0 spiro atoms. The van der Waals surface area contributed by atoms with Gasteiger partial charge in [-0.3, -0.25) is 4.79 Å². The molecule has 0 heterocycles. The van der Waals surface area contributed by atoms with Crippen molar-refractivity contribution in [2.24, 2.45) is 0 Å². The topological polar surface area (TPSA) is 94.1 Å². The molecule has 0 aliphatic rings. The van der Waals surface area contributed by atoms with E-state index in [9.17, 15) is 14.7 Å². The average molecular weight is 526 g/mol. The smallest absolute Gasteiger partial charge is 0.331 e. The van der Waals surface area contributed by atoms with Gasteiger partial charge in [0.25, 0.3) is 5.91 Å². The molecule has 0 aliphatic carbocycles. The first-order valence-corrected chi connectivity index (χ1v) is 12.7. The van der Waals surface area contributed by atoms with E-state index in [-0.39, 0.29) is 31.1 Å². The maximum Gasteiger partial charge on any atom is 0.331 e. The lowest BCUT2D eigenvalue weighted by Crippen LogP contribution is -2.48. The lowest BCUT2D eigenvalue weighted by Gasteiger charge is -2.22. The highest BCUT2D eigenvalue weighted by molar-refractivity contribution is 6.00. The van der Waals surface area contributed by atoms with Gasteiger partial charge in [-0.2, -0.15) is 0 Å². The first-order valence-electron chi connectivity index (χ1n) is 12.7. The van der Waals surface area contributed by atoms with Crippen molar-refractivity contribution in [2.45, 2.75) is 38.9 Å². The number of amides is 1. The van der Waals surface area contributed by atoms with Crippen molar-refractivity contribution < 1.29 is 28.9 Å². The zero-order chi connectivity index (χ0) is 27.5. The molecule has 0 saturated heterocycles. The Balaban J connectivity index is 1.53. The SMILES string of the molecule is C[C@@H](O)[C@H](NC(=O)c1cccc(OCc2ccccc2)c1OCc1ccccc1)C(=O)OCc1ccccc1. The molecule has 7 heteroatoms. The van der Waals surface area contributed by atoms with Gasteiger partial charge >= 0.3 is 5.97 Å². The maximum absolute atomic E-state index is 13.4. The molecule has 0 bridgehead atoms. The Kier molecular flexibility index (Phi) is 9.69. The number of nitrogens with one attached hydrogen (secondary N) is 1. The van der Waals surface area contributed by atoms with Gasteiger partial charge in [0, 0.05) is 0 Å². The molecular formula is C32H31NO6. The molecule has 0 aromatic heterocycles. The third-order valence-electron chi connectivity index (χ3n) is 5.93. The second-order valence-corrected chi connectivity index (χ2v) is 8.97. The molecule has 7 nitrogen and oxygen atoms in total. The number of aliphatic hydroxyl groups is 1. The van der Waals surface area contributed by atoms with Crippen LogP contribution < -0.4 is 14.8 Å². The van der Waals surface area contributed by atoms with Crippen LogP contribution in [0.4, 0.5) is 0 Å². The van der Waals surface area contributed by atoms with Gasteiger partial charge in [-0.15, -0.1) is 0 Å². The summed E-state index contributed by atoms with van der Waals surface area (Å²) in [7, 11) is 0. The van der Waals surface area contributed by atoms with E-state index in [4.69, 9.17) is 14.2 Å². The fraction of sp³-hybridized carbons (Fsp3) is 0.188. The number of rotatable bonds is 12. The number of carbonyl (C=O) groups is 2. The van der Waals surface area contributed by atoms with Crippen molar-refractivity contribution in [1.82, 2.24) is 5.32 Å². The minimum atomic E-state index is -1.28. The number of aliphatic hydroxyl groups excluding tert-OH is 1. The van der Waals surface area contributed by atoms with Crippen LogP contribution in [0.5, 0.6) is 11.5 Å². The zero-order valence-electron chi connectivity index (χ0n) is 21.7. The van der Waals surface area contributed by atoms with E-state index in [1.807, 2.05) is 91.0 Å². The molecule has 39 heavy (non-hydrogen) atoms. The molecule has 2 atom stereocenters. The minimum Gasteiger partial charge on any atom is -0.485 e. The summed E-state index contributed by atoms with van der Waals surface area (Å²) in [4.78, 5) is 26.2. The maximum atomic E-state index is 13.4. The number of para-hydroxylation sites is 1. The first-order chi connectivity index (χ1) is 19.0. The molecule has 0 radical (unpaired) electrons. The van der Waals surface area contributed by atoms with Gasteiger partial charge in [0.05, 0.1) is 11.7 Å². The van der Waals surface area contributed by atoms with Gasteiger partial charge < -0.3 is 24.6 Å². The lowest BCUT2D eigenvalue weighted by atomic mass is 10.1. The Morgan fingerprint density at radius 1 is 0.692 bits per heavy atom. The summed E-state index contributed by atoms with van der Waals surface area (Å²) >= 11 is 0. The fourth-order valence-corrected chi connectivity index (χ4v) is 3.84. The van der Waals surface area contributed by atoms with E-state index in [1.165, 1.54) is 6.92 Å². The predicted octanol–water partition coefficient (Wildman–Crippen LogP) is 5.07. The number of ether oxygens (including phenoxy) is 3. The first kappa shape index (κ1) is 27.4. The number of hydrogen-bond acceptors (Lipinski definition) is 6. The zero-order valence-corrected chi connectivity index (χ0v) is 21.7. The third-order valence-corrected chi connectivity index (χ3v) is 5.93. The summed E-state index contributed by atoms with van der Waals surface area (Å²) in [5.41, 5.74) is 2.82. The Hall–Kier alpha value is -4.62. The molecule has 0 aliphatic heterocycles. The Bertz CT molecular complexity index is 1340. The second-order valence-electron chi connectivity index (χ2n) is 8.97. The van der Waals surface area contributed by atoms with E-state index < -0.39 is 24.0 Å². The van der Waals surface area contributed by atoms with Gasteiger partial charge in [-0.05, 0) is 35.7 Å². The van der Waals surface area contributed by atoms with Gasteiger partial charge in [-0.25, -0.2) is 4.79 Å². The summed E-state index contributed by atoms with van der Waals surface area (Å²) in [6.45, 7) is 1.91. The molecule has 200 valence electrons. The van der Waals surface area contributed by atoms with E-state index in [1.54, 1.807) is 18.2 Å². The van der Waals surface area contributed by atoms with Crippen molar-refractivity contribution >= 4 is 11.9 Å². The van der Waals surface area contributed by atoms with Crippen LogP contribution in [0.15, 0.2) is 109 Å². The Morgan fingerprint density at radius 2 is 1.21 bits per heavy atom. The van der Waals surface area contributed by atoms with Gasteiger partial charge in [0.15, 0.2) is 17.5 Å².